The minimum atomic E-state index is -0.164. The predicted molar refractivity (Wildman–Crippen MR) is 87.0 cm³/mol. The molecule has 0 saturated heterocycles. The van der Waals surface area contributed by atoms with Gasteiger partial charge in [0.1, 0.15) is 5.76 Å². The smallest absolute Gasteiger partial charge is 0.223 e. The normalized spacial score (nSPS) is 15.0. The second-order valence-corrected chi connectivity index (χ2v) is 5.37. The Labute approximate surface area is 134 Å². The van der Waals surface area contributed by atoms with E-state index < -0.39 is 0 Å². The Bertz CT molecular complexity index is 773. The third-order valence-electron chi connectivity index (χ3n) is 3.87. The van der Waals surface area contributed by atoms with Gasteiger partial charge in [-0.1, -0.05) is 0 Å². The van der Waals surface area contributed by atoms with Crippen LogP contribution >= 0.6 is 0 Å². The number of carbonyl (C=O) groups is 1. The minimum Gasteiger partial charge on any atom is -0.493 e. The Morgan fingerprint density at radius 3 is 2.61 bits per heavy atom. The number of allylic oxidation sites excluding steroid dienone is 1. The van der Waals surface area contributed by atoms with E-state index in [1.807, 2.05) is 19.1 Å². The number of nitrogens with one attached hydrogen (secondary N) is 1. The number of hydrogen-bond acceptors (Lipinski definition) is 5. The van der Waals surface area contributed by atoms with Gasteiger partial charge in [0.15, 0.2) is 17.3 Å². The van der Waals surface area contributed by atoms with E-state index in [-0.39, 0.29) is 5.78 Å². The number of furan rings is 1. The van der Waals surface area contributed by atoms with Gasteiger partial charge in [-0.15, -0.1) is 0 Å². The van der Waals surface area contributed by atoms with Gasteiger partial charge in [-0.3, -0.25) is 4.79 Å². The van der Waals surface area contributed by atoms with Crippen LogP contribution in [-0.2, 0) is 6.42 Å². The van der Waals surface area contributed by atoms with Crippen LogP contribution in [0.25, 0.3) is 5.70 Å². The number of hydrogen-bond donors (Lipinski definition) is 1. The van der Waals surface area contributed by atoms with Crippen LogP contribution in [0.1, 0.15) is 27.4 Å². The number of rotatable bonds is 4. The van der Waals surface area contributed by atoms with Crippen molar-refractivity contribution in [2.75, 3.05) is 20.8 Å². The fraction of sp³-hybridized carbons (Fsp3) is 0.278. The number of aryl methyl sites for hydroxylation is 1. The third-order valence-corrected chi connectivity index (χ3v) is 3.87. The first-order valence-corrected chi connectivity index (χ1v) is 7.44. The SMILES string of the molecule is COc1cc2c(cc1OC)C(=CC(=O)c1ccc(C)o1)NCC2. The van der Waals surface area contributed by atoms with Crippen molar-refractivity contribution in [2.45, 2.75) is 13.3 Å². The lowest BCUT2D eigenvalue weighted by molar-refractivity contribution is 0.102. The Morgan fingerprint density at radius 2 is 1.96 bits per heavy atom. The molecule has 1 aromatic heterocycles. The summed E-state index contributed by atoms with van der Waals surface area (Å²) in [6.45, 7) is 2.58. The summed E-state index contributed by atoms with van der Waals surface area (Å²) < 4.78 is 16.1. The molecule has 5 heteroatoms. The van der Waals surface area contributed by atoms with Crippen LogP contribution in [0.15, 0.2) is 34.8 Å². The van der Waals surface area contributed by atoms with Crippen LogP contribution in [-0.4, -0.2) is 26.5 Å². The van der Waals surface area contributed by atoms with Crippen molar-refractivity contribution < 1.29 is 18.7 Å². The summed E-state index contributed by atoms with van der Waals surface area (Å²) >= 11 is 0. The Morgan fingerprint density at radius 1 is 1.22 bits per heavy atom. The number of benzene rings is 1. The lowest BCUT2D eigenvalue weighted by Gasteiger charge is -2.23. The topological polar surface area (TPSA) is 60.7 Å². The molecule has 1 N–H and O–H groups in total. The number of ketones is 1. The van der Waals surface area contributed by atoms with Gasteiger partial charge in [-0.25, -0.2) is 0 Å². The molecule has 0 bridgehead atoms. The summed E-state index contributed by atoms with van der Waals surface area (Å²) in [6.07, 6.45) is 2.43. The average Bonchev–Trinajstić information content (AvgIpc) is 3.00. The van der Waals surface area contributed by atoms with Gasteiger partial charge in [-0.2, -0.15) is 0 Å². The summed E-state index contributed by atoms with van der Waals surface area (Å²) in [5.41, 5.74) is 2.84. The number of carbonyl (C=O) groups excluding carboxylic acids is 1. The lowest BCUT2D eigenvalue weighted by atomic mass is 9.96. The summed E-state index contributed by atoms with van der Waals surface area (Å²) in [5, 5.41) is 3.27. The van der Waals surface area contributed by atoms with Gasteiger partial charge in [0.25, 0.3) is 0 Å². The average molecular weight is 313 g/mol. The van der Waals surface area contributed by atoms with E-state index in [0.717, 1.165) is 35.5 Å². The molecule has 0 spiro atoms. The van der Waals surface area contributed by atoms with E-state index in [0.29, 0.717) is 17.3 Å². The molecule has 1 aliphatic rings. The maximum atomic E-state index is 12.3. The summed E-state index contributed by atoms with van der Waals surface area (Å²) in [7, 11) is 3.21. The molecule has 5 nitrogen and oxygen atoms in total. The molecule has 0 saturated carbocycles. The lowest BCUT2D eigenvalue weighted by Crippen LogP contribution is -2.23. The van der Waals surface area contributed by atoms with E-state index in [9.17, 15) is 4.79 Å². The van der Waals surface area contributed by atoms with E-state index in [4.69, 9.17) is 13.9 Å². The molecule has 0 radical (unpaired) electrons. The molecular formula is C18H19NO4. The van der Waals surface area contributed by atoms with Crippen molar-refractivity contribution in [1.82, 2.24) is 5.32 Å². The second-order valence-electron chi connectivity index (χ2n) is 5.37. The fourth-order valence-corrected chi connectivity index (χ4v) is 2.70. The highest BCUT2D eigenvalue weighted by Crippen LogP contribution is 2.34. The molecular weight excluding hydrogens is 294 g/mol. The van der Waals surface area contributed by atoms with E-state index in [1.54, 1.807) is 32.4 Å². The first-order valence-electron chi connectivity index (χ1n) is 7.44. The highest BCUT2D eigenvalue weighted by Gasteiger charge is 2.19. The molecule has 120 valence electrons. The van der Waals surface area contributed by atoms with Crippen LogP contribution in [0, 0.1) is 6.92 Å². The van der Waals surface area contributed by atoms with E-state index >= 15 is 0 Å². The zero-order chi connectivity index (χ0) is 16.4. The van der Waals surface area contributed by atoms with Crippen LogP contribution in [0.5, 0.6) is 11.5 Å². The van der Waals surface area contributed by atoms with Gasteiger partial charge in [-0.05, 0) is 43.2 Å². The van der Waals surface area contributed by atoms with Gasteiger partial charge >= 0.3 is 0 Å². The Balaban J connectivity index is 2.00. The first kappa shape index (κ1) is 15.2. The van der Waals surface area contributed by atoms with E-state index in [2.05, 4.69) is 5.32 Å². The maximum Gasteiger partial charge on any atom is 0.223 e. The van der Waals surface area contributed by atoms with Gasteiger partial charge in [0, 0.05) is 23.9 Å². The minimum absolute atomic E-state index is 0.164. The largest absolute Gasteiger partial charge is 0.493 e. The first-order chi connectivity index (χ1) is 11.1. The van der Waals surface area contributed by atoms with Crippen molar-refractivity contribution in [3.8, 4) is 11.5 Å². The molecule has 0 amide bonds. The Hall–Kier alpha value is -2.69. The molecule has 1 aliphatic heterocycles. The zero-order valence-electron chi connectivity index (χ0n) is 13.4. The summed E-state index contributed by atoms with van der Waals surface area (Å²) in [5.74, 6) is 2.23. The molecule has 0 atom stereocenters. The van der Waals surface area contributed by atoms with Crippen LogP contribution in [0.4, 0.5) is 0 Å². The van der Waals surface area contributed by atoms with E-state index in [1.165, 1.54) is 0 Å². The monoisotopic (exact) mass is 313 g/mol. The fourth-order valence-electron chi connectivity index (χ4n) is 2.70. The standard InChI is InChI=1S/C18H19NO4/c1-11-4-5-16(23-11)15(20)10-14-13-9-18(22-3)17(21-2)8-12(13)6-7-19-14/h4-5,8-10,19H,6-7H2,1-3H3. The third kappa shape index (κ3) is 2.95. The summed E-state index contributed by atoms with van der Waals surface area (Å²) in [6, 6.07) is 7.33. The predicted octanol–water partition coefficient (Wildman–Crippen LogP) is 2.97. The van der Waals surface area contributed by atoms with Gasteiger partial charge < -0.3 is 19.2 Å². The molecule has 2 heterocycles. The van der Waals surface area contributed by atoms with Crippen molar-refractivity contribution >= 4 is 11.5 Å². The van der Waals surface area contributed by atoms with Crippen molar-refractivity contribution in [3.05, 3.63) is 53.0 Å². The van der Waals surface area contributed by atoms with Crippen molar-refractivity contribution in [3.63, 3.8) is 0 Å². The maximum absolute atomic E-state index is 12.3. The number of ether oxygens (including phenoxy) is 2. The highest BCUT2D eigenvalue weighted by atomic mass is 16.5. The van der Waals surface area contributed by atoms with Gasteiger partial charge in [0.05, 0.1) is 14.2 Å². The second kappa shape index (κ2) is 6.20. The van der Waals surface area contributed by atoms with Crippen LogP contribution in [0.2, 0.25) is 0 Å². The molecule has 23 heavy (non-hydrogen) atoms. The number of methoxy groups -OCH3 is 2. The quantitative estimate of drug-likeness (QED) is 0.694. The molecule has 0 fully saturated rings. The molecule has 1 aromatic carbocycles. The number of fused-ring (bicyclic) bond motifs is 1. The van der Waals surface area contributed by atoms with Crippen molar-refractivity contribution in [2.24, 2.45) is 0 Å². The summed E-state index contributed by atoms with van der Waals surface area (Å²) in [4.78, 5) is 12.3. The highest BCUT2D eigenvalue weighted by molar-refractivity contribution is 6.06. The Kier molecular flexibility index (Phi) is 4.10. The zero-order valence-corrected chi connectivity index (χ0v) is 13.4. The molecule has 3 rings (SSSR count). The van der Waals surface area contributed by atoms with Crippen LogP contribution in [0.3, 0.4) is 0 Å². The van der Waals surface area contributed by atoms with Gasteiger partial charge in [0.2, 0.25) is 5.78 Å². The molecule has 0 unspecified atom stereocenters. The van der Waals surface area contributed by atoms with Crippen LogP contribution < -0.4 is 14.8 Å². The van der Waals surface area contributed by atoms with Crippen molar-refractivity contribution in [1.29, 1.82) is 0 Å². The molecule has 0 aliphatic carbocycles. The molecule has 2 aromatic rings.